The number of rotatable bonds is 3. The van der Waals surface area contributed by atoms with Crippen LogP contribution in [0.5, 0.6) is 0 Å². The number of hydrogen-bond acceptors (Lipinski definition) is 0. The van der Waals surface area contributed by atoms with Crippen LogP contribution in [0.4, 0.5) is 0 Å². The molecule has 0 rings (SSSR count). The zero-order valence-electron chi connectivity index (χ0n) is 11.2. The van der Waals surface area contributed by atoms with E-state index in [4.69, 9.17) is 0 Å². The molecule has 0 radical (unpaired) electrons. The zero-order valence-corrected chi connectivity index (χ0v) is 11.2. The summed E-state index contributed by atoms with van der Waals surface area (Å²) in [6.07, 6.45) is 0. The van der Waals surface area contributed by atoms with E-state index in [0.717, 1.165) is 0 Å². The van der Waals surface area contributed by atoms with Crippen LogP contribution in [0, 0.1) is 11.8 Å². The van der Waals surface area contributed by atoms with Crippen LogP contribution in [0.15, 0.2) is 22.3 Å². The van der Waals surface area contributed by atoms with E-state index in [0.29, 0.717) is 11.8 Å². The molecule has 14 heavy (non-hydrogen) atoms. The first-order valence-corrected chi connectivity index (χ1v) is 5.64. The van der Waals surface area contributed by atoms with Gasteiger partial charge in [-0.2, -0.15) is 0 Å². The fourth-order valence-electron chi connectivity index (χ4n) is 2.32. The molecular weight excluding hydrogens is 168 g/mol. The van der Waals surface area contributed by atoms with E-state index < -0.39 is 0 Å². The van der Waals surface area contributed by atoms with Crippen LogP contribution in [-0.4, -0.2) is 0 Å². The smallest absolute Gasteiger partial charge is 0.0217 e. The highest BCUT2D eigenvalue weighted by Crippen LogP contribution is 2.31. The largest absolute Gasteiger partial charge is 0.0727 e. The fourth-order valence-corrected chi connectivity index (χ4v) is 2.32. The Morgan fingerprint density at radius 2 is 0.786 bits per heavy atom. The molecule has 0 fully saturated rings. The van der Waals surface area contributed by atoms with Crippen molar-refractivity contribution in [2.45, 2.75) is 55.4 Å². The summed E-state index contributed by atoms with van der Waals surface area (Å²) >= 11 is 0. The van der Waals surface area contributed by atoms with Crippen molar-refractivity contribution < 1.29 is 0 Å². The van der Waals surface area contributed by atoms with Gasteiger partial charge in [0.05, 0.1) is 0 Å². The number of hydrogen-bond donors (Lipinski definition) is 0. The molecule has 0 bridgehead atoms. The standard InChI is InChI=1S/C14H26/c1-9(2)13(10(3)4)14(11(5)6)12(7)8/h9,11H,1-8H3. The van der Waals surface area contributed by atoms with Gasteiger partial charge in [0.1, 0.15) is 0 Å². The van der Waals surface area contributed by atoms with Crippen LogP contribution < -0.4 is 0 Å². The van der Waals surface area contributed by atoms with Gasteiger partial charge in [-0.1, -0.05) is 38.8 Å². The molecular formula is C14H26. The molecule has 0 aliphatic heterocycles. The number of allylic oxidation sites excluding steroid dienone is 4. The Bertz CT molecular complexity index is 213. The molecule has 0 aromatic heterocycles. The maximum Gasteiger partial charge on any atom is -0.0217 e. The molecule has 0 nitrogen and oxygen atoms in total. The van der Waals surface area contributed by atoms with Crippen LogP contribution in [0.25, 0.3) is 0 Å². The summed E-state index contributed by atoms with van der Waals surface area (Å²) < 4.78 is 0. The van der Waals surface area contributed by atoms with Gasteiger partial charge < -0.3 is 0 Å². The van der Waals surface area contributed by atoms with Gasteiger partial charge in [-0.25, -0.2) is 0 Å². The summed E-state index contributed by atoms with van der Waals surface area (Å²) in [5.41, 5.74) is 6.04. The van der Waals surface area contributed by atoms with E-state index in [1.54, 1.807) is 11.1 Å². The quantitative estimate of drug-likeness (QED) is 0.556. The second-order valence-corrected chi connectivity index (χ2v) is 5.14. The van der Waals surface area contributed by atoms with Crippen LogP contribution in [0.2, 0.25) is 0 Å². The van der Waals surface area contributed by atoms with Crippen LogP contribution >= 0.6 is 0 Å². The second kappa shape index (κ2) is 5.38. The van der Waals surface area contributed by atoms with E-state index in [1.807, 2.05) is 0 Å². The molecule has 0 atom stereocenters. The highest BCUT2D eigenvalue weighted by molar-refractivity contribution is 5.39. The molecule has 0 heterocycles. The van der Waals surface area contributed by atoms with Crippen molar-refractivity contribution in [1.82, 2.24) is 0 Å². The van der Waals surface area contributed by atoms with Gasteiger partial charge in [0.15, 0.2) is 0 Å². The molecule has 82 valence electrons. The summed E-state index contributed by atoms with van der Waals surface area (Å²) in [6.45, 7) is 18.0. The molecule has 0 aromatic rings. The Morgan fingerprint density at radius 3 is 0.857 bits per heavy atom. The first-order chi connectivity index (χ1) is 6.29. The third-order valence-corrected chi connectivity index (χ3v) is 2.52. The van der Waals surface area contributed by atoms with Crippen molar-refractivity contribution in [3.8, 4) is 0 Å². The van der Waals surface area contributed by atoms with Gasteiger partial charge in [0.25, 0.3) is 0 Å². The molecule has 0 heteroatoms. The summed E-state index contributed by atoms with van der Waals surface area (Å²) in [5.74, 6) is 1.26. The molecule has 0 aliphatic carbocycles. The van der Waals surface area contributed by atoms with Gasteiger partial charge in [-0.05, 0) is 50.7 Å². The maximum absolute atomic E-state index is 2.29. The van der Waals surface area contributed by atoms with Gasteiger partial charge >= 0.3 is 0 Å². The molecule has 0 spiro atoms. The lowest BCUT2D eigenvalue weighted by atomic mass is 9.83. The summed E-state index contributed by atoms with van der Waals surface area (Å²) in [6, 6.07) is 0. The molecule has 0 amide bonds. The average molecular weight is 194 g/mol. The van der Waals surface area contributed by atoms with Gasteiger partial charge in [0, 0.05) is 0 Å². The Kier molecular flexibility index (Phi) is 5.18. The minimum Gasteiger partial charge on any atom is -0.0727 e. The fraction of sp³-hybridized carbons (Fsp3) is 0.714. The average Bonchev–Trinajstić information content (AvgIpc) is 1.96. The van der Waals surface area contributed by atoms with Gasteiger partial charge in [-0.3, -0.25) is 0 Å². The van der Waals surface area contributed by atoms with Crippen LogP contribution in [0.3, 0.4) is 0 Å². The third-order valence-electron chi connectivity index (χ3n) is 2.52. The van der Waals surface area contributed by atoms with Crippen molar-refractivity contribution in [3.63, 3.8) is 0 Å². The summed E-state index contributed by atoms with van der Waals surface area (Å²) in [5, 5.41) is 0. The van der Waals surface area contributed by atoms with E-state index in [1.165, 1.54) is 11.1 Å². The first kappa shape index (κ1) is 13.5. The molecule has 0 saturated carbocycles. The van der Waals surface area contributed by atoms with Crippen molar-refractivity contribution in [3.05, 3.63) is 22.3 Å². The van der Waals surface area contributed by atoms with Crippen LogP contribution in [0.1, 0.15) is 55.4 Å². The lowest BCUT2D eigenvalue weighted by Crippen LogP contribution is -2.07. The molecule has 0 unspecified atom stereocenters. The Balaban J connectivity index is 5.42. The predicted octanol–water partition coefficient (Wildman–Crippen LogP) is 4.97. The maximum atomic E-state index is 2.29. The van der Waals surface area contributed by atoms with Crippen molar-refractivity contribution in [1.29, 1.82) is 0 Å². The summed E-state index contributed by atoms with van der Waals surface area (Å²) in [4.78, 5) is 0. The topological polar surface area (TPSA) is 0 Å². The highest BCUT2D eigenvalue weighted by Gasteiger charge is 2.15. The van der Waals surface area contributed by atoms with E-state index in [2.05, 4.69) is 55.4 Å². The zero-order chi connectivity index (χ0) is 11.5. The van der Waals surface area contributed by atoms with Gasteiger partial charge in [0.2, 0.25) is 0 Å². The lowest BCUT2D eigenvalue weighted by molar-refractivity contribution is 0.685. The van der Waals surface area contributed by atoms with Crippen LogP contribution in [-0.2, 0) is 0 Å². The lowest BCUT2D eigenvalue weighted by Gasteiger charge is -2.23. The SMILES string of the molecule is CC(C)=C(C(=C(C)C)C(C)C)C(C)C. The highest BCUT2D eigenvalue weighted by atomic mass is 14.2. The Labute approximate surface area is 90.1 Å². The molecule has 0 aromatic carbocycles. The minimum atomic E-state index is 0.632. The normalized spacial score (nSPS) is 10.7. The van der Waals surface area contributed by atoms with E-state index in [9.17, 15) is 0 Å². The minimum absolute atomic E-state index is 0.632. The van der Waals surface area contributed by atoms with Crippen molar-refractivity contribution in [2.24, 2.45) is 11.8 Å². The first-order valence-electron chi connectivity index (χ1n) is 5.64. The molecule has 0 N–H and O–H groups in total. The monoisotopic (exact) mass is 194 g/mol. The second-order valence-electron chi connectivity index (χ2n) is 5.14. The van der Waals surface area contributed by atoms with Crippen molar-refractivity contribution >= 4 is 0 Å². The van der Waals surface area contributed by atoms with Crippen molar-refractivity contribution in [2.75, 3.05) is 0 Å². The predicted molar refractivity (Wildman–Crippen MR) is 66.4 cm³/mol. The third kappa shape index (κ3) is 3.32. The molecule has 0 saturated heterocycles. The van der Waals surface area contributed by atoms with Gasteiger partial charge in [-0.15, -0.1) is 0 Å². The Hall–Kier alpha value is -0.520. The summed E-state index contributed by atoms with van der Waals surface area (Å²) in [7, 11) is 0. The molecule has 0 aliphatic rings. The van der Waals surface area contributed by atoms with E-state index in [-0.39, 0.29) is 0 Å². The van der Waals surface area contributed by atoms with E-state index >= 15 is 0 Å². The Morgan fingerprint density at radius 1 is 0.571 bits per heavy atom.